The summed E-state index contributed by atoms with van der Waals surface area (Å²) in [4.78, 5) is 32.2. The zero-order valence-corrected chi connectivity index (χ0v) is 8.64. The van der Waals surface area contributed by atoms with Gasteiger partial charge < -0.3 is 16.4 Å². The van der Waals surface area contributed by atoms with E-state index in [4.69, 9.17) is 5.73 Å². The van der Waals surface area contributed by atoms with Gasteiger partial charge in [0, 0.05) is 12.7 Å². The second-order valence-corrected chi connectivity index (χ2v) is 2.98. The van der Waals surface area contributed by atoms with Crippen LogP contribution in [-0.4, -0.2) is 36.1 Å². The normalized spacial score (nSPS) is 11.6. The zero-order chi connectivity index (χ0) is 11.1. The molecule has 7 heteroatoms. The molecule has 1 unspecified atom stereocenters. The van der Waals surface area contributed by atoms with Gasteiger partial charge in [-0.15, -0.1) is 0 Å². The fourth-order valence-corrected chi connectivity index (χ4v) is 0.994. The Morgan fingerprint density at radius 1 is 1.43 bits per heavy atom. The number of hydrogen-bond donors (Lipinski definition) is 4. The number of carbonyl (C=O) groups excluding carboxylic acids is 3. The van der Waals surface area contributed by atoms with Gasteiger partial charge in [0.15, 0.2) is 0 Å². The van der Waals surface area contributed by atoms with E-state index in [9.17, 15) is 14.4 Å². The van der Waals surface area contributed by atoms with Gasteiger partial charge >= 0.3 is 0 Å². The number of primary amides is 1. The van der Waals surface area contributed by atoms with Gasteiger partial charge in [0.05, 0.1) is 6.54 Å². The van der Waals surface area contributed by atoms with Gasteiger partial charge in [-0.25, -0.2) is 0 Å². The number of nitrogens with one attached hydrogen (secondary N) is 2. The molecule has 0 aromatic rings. The third kappa shape index (κ3) is 5.41. The summed E-state index contributed by atoms with van der Waals surface area (Å²) in [5.41, 5.74) is 4.82. The highest BCUT2D eigenvalue weighted by atomic mass is 32.1. The second kappa shape index (κ2) is 6.25. The van der Waals surface area contributed by atoms with E-state index in [0.717, 1.165) is 0 Å². The highest BCUT2D eigenvalue weighted by Crippen LogP contribution is 1.88. The van der Waals surface area contributed by atoms with Gasteiger partial charge in [0.25, 0.3) is 0 Å². The van der Waals surface area contributed by atoms with Crippen molar-refractivity contribution in [2.24, 2.45) is 5.73 Å². The molecule has 0 spiro atoms. The lowest BCUT2D eigenvalue weighted by Crippen LogP contribution is -2.49. The van der Waals surface area contributed by atoms with Crippen molar-refractivity contribution in [1.82, 2.24) is 10.6 Å². The Bertz CT molecular complexity index is 244. The van der Waals surface area contributed by atoms with Crippen molar-refractivity contribution in [2.75, 3.05) is 12.3 Å². The van der Waals surface area contributed by atoms with Crippen LogP contribution in [0.2, 0.25) is 0 Å². The van der Waals surface area contributed by atoms with Gasteiger partial charge in [-0.1, -0.05) is 0 Å². The minimum atomic E-state index is -0.741. The average Bonchev–Trinajstić information content (AvgIpc) is 2.09. The molecule has 4 N–H and O–H groups in total. The summed E-state index contributed by atoms with van der Waals surface area (Å²) < 4.78 is 0. The van der Waals surface area contributed by atoms with Crippen LogP contribution >= 0.6 is 12.6 Å². The van der Waals surface area contributed by atoms with Crippen LogP contribution in [-0.2, 0) is 14.4 Å². The first-order valence-corrected chi connectivity index (χ1v) is 4.54. The SMILES string of the molecule is CC(=O)NC(CS)C(=O)NCC(N)=O. The summed E-state index contributed by atoms with van der Waals surface area (Å²) in [6.45, 7) is 1.04. The van der Waals surface area contributed by atoms with E-state index in [-0.39, 0.29) is 18.2 Å². The molecule has 0 aromatic heterocycles. The van der Waals surface area contributed by atoms with E-state index in [1.54, 1.807) is 0 Å². The molecule has 0 aliphatic heterocycles. The third-order valence-corrected chi connectivity index (χ3v) is 1.68. The standard InChI is InChI=1S/C7H13N3O3S/c1-4(11)10-5(3-14)7(13)9-2-6(8)12/h5,14H,2-3H2,1H3,(H2,8,12)(H,9,13)(H,10,11). The Kier molecular flexibility index (Phi) is 5.70. The number of amides is 3. The molecule has 0 saturated carbocycles. The molecule has 1 atom stereocenters. The lowest BCUT2D eigenvalue weighted by atomic mass is 10.3. The molecule has 0 aliphatic rings. The molecule has 14 heavy (non-hydrogen) atoms. The fraction of sp³-hybridized carbons (Fsp3) is 0.571. The Balaban J connectivity index is 4.04. The van der Waals surface area contributed by atoms with Gasteiger partial charge in [-0.3, -0.25) is 14.4 Å². The topological polar surface area (TPSA) is 101 Å². The van der Waals surface area contributed by atoms with E-state index in [1.807, 2.05) is 0 Å². The molecule has 0 heterocycles. The first-order chi connectivity index (χ1) is 6.47. The Morgan fingerprint density at radius 3 is 2.36 bits per heavy atom. The van der Waals surface area contributed by atoms with Crippen LogP contribution < -0.4 is 16.4 Å². The van der Waals surface area contributed by atoms with Gasteiger partial charge in [0.1, 0.15) is 6.04 Å². The van der Waals surface area contributed by atoms with E-state index in [2.05, 4.69) is 23.3 Å². The average molecular weight is 219 g/mol. The molecule has 0 fully saturated rings. The van der Waals surface area contributed by atoms with Crippen LogP contribution in [0.25, 0.3) is 0 Å². The van der Waals surface area contributed by atoms with E-state index in [1.165, 1.54) is 6.92 Å². The maximum Gasteiger partial charge on any atom is 0.243 e. The van der Waals surface area contributed by atoms with Gasteiger partial charge in [-0.2, -0.15) is 12.6 Å². The predicted octanol–water partition coefficient (Wildman–Crippen LogP) is -1.98. The van der Waals surface area contributed by atoms with Crippen LogP contribution in [0.1, 0.15) is 6.92 Å². The molecule has 80 valence electrons. The van der Waals surface area contributed by atoms with Crippen LogP contribution in [0.15, 0.2) is 0 Å². The lowest BCUT2D eigenvalue weighted by Gasteiger charge is -2.14. The van der Waals surface area contributed by atoms with Crippen LogP contribution in [0.3, 0.4) is 0 Å². The van der Waals surface area contributed by atoms with Crippen molar-refractivity contribution in [3.05, 3.63) is 0 Å². The largest absolute Gasteiger partial charge is 0.368 e. The van der Waals surface area contributed by atoms with Crippen LogP contribution in [0, 0.1) is 0 Å². The Labute approximate surface area is 87.0 Å². The maximum atomic E-state index is 11.2. The van der Waals surface area contributed by atoms with E-state index < -0.39 is 17.9 Å². The number of rotatable bonds is 5. The molecular weight excluding hydrogens is 206 g/mol. The molecule has 6 nitrogen and oxygen atoms in total. The van der Waals surface area contributed by atoms with Crippen molar-refractivity contribution in [2.45, 2.75) is 13.0 Å². The summed E-state index contributed by atoms with van der Waals surface area (Å²) in [5, 5.41) is 4.63. The minimum Gasteiger partial charge on any atom is -0.368 e. The summed E-state index contributed by atoms with van der Waals surface area (Å²) in [7, 11) is 0. The zero-order valence-electron chi connectivity index (χ0n) is 7.74. The molecule has 0 rings (SSSR count). The second-order valence-electron chi connectivity index (χ2n) is 2.62. The highest BCUT2D eigenvalue weighted by molar-refractivity contribution is 7.80. The summed E-state index contributed by atoms with van der Waals surface area (Å²) in [6, 6.07) is -0.741. The van der Waals surface area contributed by atoms with Crippen molar-refractivity contribution in [1.29, 1.82) is 0 Å². The highest BCUT2D eigenvalue weighted by Gasteiger charge is 2.17. The van der Waals surface area contributed by atoms with Crippen molar-refractivity contribution < 1.29 is 14.4 Å². The Morgan fingerprint density at radius 2 is 2.00 bits per heavy atom. The molecule has 0 aliphatic carbocycles. The van der Waals surface area contributed by atoms with E-state index >= 15 is 0 Å². The van der Waals surface area contributed by atoms with Crippen LogP contribution in [0.5, 0.6) is 0 Å². The van der Waals surface area contributed by atoms with Crippen molar-refractivity contribution in [3.63, 3.8) is 0 Å². The summed E-state index contributed by atoms with van der Waals surface area (Å²) in [5.74, 6) is -1.30. The minimum absolute atomic E-state index is 0.157. The molecule has 0 bridgehead atoms. The van der Waals surface area contributed by atoms with Crippen molar-refractivity contribution in [3.8, 4) is 0 Å². The molecule has 3 amide bonds. The predicted molar refractivity (Wildman–Crippen MR) is 53.7 cm³/mol. The maximum absolute atomic E-state index is 11.2. The third-order valence-electron chi connectivity index (χ3n) is 1.31. The first-order valence-electron chi connectivity index (χ1n) is 3.91. The fourth-order valence-electron chi connectivity index (χ4n) is 0.737. The molecule has 0 saturated heterocycles. The number of carbonyl (C=O) groups is 3. The smallest absolute Gasteiger partial charge is 0.243 e. The molecular formula is C7H13N3O3S. The van der Waals surface area contributed by atoms with Gasteiger partial charge in [0.2, 0.25) is 17.7 Å². The lowest BCUT2D eigenvalue weighted by molar-refractivity contribution is -0.128. The first kappa shape index (κ1) is 12.8. The number of hydrogen-bond acceptors (Lipinski definition) is 4. The monoisotopic (exact) mass is 219 g/mol. The number of nitrogens with two attached hydrogens (primary N) is 1. The quantitative estimate of drug-likeness (QED) is 0.403. The summed E-state index contributed by atoms with van der Waals surface area (Å²) >= 11 is 3.88. The van der Waals surface area contributed by atoms with Gasteiger partial charge in [-0.05, 0) is 0 Å². The van der Waals surface area contributed by atoms with Crippen LogP contribution in [0.4, 0.5) is 0 Å². The van der Waals surface area contributed by atoms with Crippen molar-refractivity contribution >= 4 is 30.4 Å². The Hall–Kier alpha value is -1.24. The molecule has 0 aromatic carbocycles. The number of thiol groups is 1. The summed E-state index contributed by atoms with van der Waals surface area (Å²) in [6.07, 6.45) is 0. The van der Waals surface area contributed by atoms with E-state index in [0.29, 0.717) is 0 Å². The molecule has 0 radical (unpaired) electrons.